The van der Waals surface area contributed by atoms with E-state index in [-0.39, 0.29) is 0 Å². The number of aryl methyl sites for hydroxylation is 2. The van der Waals surface area contributed by atoms with Crippen LogP contribution in [0, 0.1) is 6.92 Å². The molecule has 3 heteroatoms. The second-order valence-corrected chi connectivity index (χ2v) is 5.35. The monoisotopic (exact) mass is 272 g/mol. The predicted octanol–water partition coefficient (Wildman–Crippen LogP) is 4.32. The number of hydrogen-bond acceptors (Lipinski definition) is 2. The quantitative estimate of drug-likeness (QED) is 0.850. The van der Waals surface area contributed by atoms with Gasteiger partial charge in [0.05, 0.1) is 5.69 Å². The van der Waals surface area contributed by atoms with Crippen molar-refractivity contribution in [1.82, 2.24) is 9.78 Å². The molecule has 0 spiro atoms. The molecule has 0 aliphatic heterocycles. The van der Waals surface area contributed by atoms with Crippen LogP contribution >= 0.6 is 0 Å². The van der Waals surface area contributed by atoms with Crippen LogP contribution < -0.4 is 0 Å². The maximum Gasteiger partial charge on any atom is 0.213 e. The maximum atomic E-state index is 10.4. The molecule has 2 rings (SSSR count). The fourth-order valence-electron chi connectivity index (χ4n) is 2.47. The molecular formula is C17H24N2O. The Kier molecular flexibility index (Phi) is 4.83. The summed E-state index contributed by atoms with van der Waals surface area (Å²) in [4.78, 5) is 0. The Labute approximate surface area is 121 Å². The minimum atomic E-state index is 0.344. The third-order valence-corrected chi connectivity index (χ3v) is 3.53. The summed E-state index contributed by atoms with van der Waals surface area (Å²) in [6.45, 7) is 7.11. The summed E-state index contributed by atoms with van der Waals surface area (Å²) < 4.78 is 1.74. The van der Waals surface area contributed by atoms with Crippen LogP contribution in [-0.2, 0) is 13.0 Å². The molecule has 1 aromatic carbocycles. The third kappa shape index (κ3) is 3.03. The van der Waals surface area contributed by atoms with Crippen LogP contribution in [0.5, 0.6) is 5.88 Å². The van der Waals surface area contributed by atoms with E-state index in [0.717, 1.165) is 49.0 Å². The standard InChI is InChI=1S/C17H24N2O/c1-4-6-10-15-16(14-9-7-8-13(3)12-14)18-19(11-5-2)17(15)20/h7-9,12,20H,4-6,10-11H2,1-3H3. The largest absolute Gasteiger partial charge is 0.493 e. The number of hydrogen-bond donors (Lipinski definition) is 1. The molecule has 0 unspecified atom stereocenters. The van der Waals surface area contributed by atoms with Gasteiger partial charge < -0.3 is 5.11 Å². The van der Waals surface area contributed by atoms with Gasteiger partial charge in [-0.3, -0.25) is 0 Å². The van der Waals surface area contributed by atoms with Crippen LogP contribution in [0.1, 0.15) is 44.2 Å². The van der Waals surface area contributed by atoms with Gasteiger partial charge in [0.1, 0.15) is 0 Å². The number of aromatic nitrogens is 2. The molecule has 0 saturated heterocycles. The summed E-state index contributed by atoms with van der Waals surface area (Å²) in [6, 6.07) is 8.33. The number of benzene rings is 1. The summed E-state index contributed by atoms with van der Waals surface area (Å²) in [5.41, 5.74) is 4.24. The lowest BCUT2D eigenvalue weighted by Crippen LogP contribution is -1.98. The van der Waals surface area contributed by atoms with E-state index < -0.39 is 0 Å². The van der Waals surface area contributed by atoms with Gasteiger partial charge in [0.25, 0.3) is 0 Å². The average molecular weight is 272 g/mol. The first-order valence-corrected chi connectivity index (χ1v) is 7.53. The van der Waals surface area contributed by atoms with Crippen molar-refractivity contribution in [3.05, 3.63) is 35.4 Å². The topological polar surface area (TPSA) is 38.0 Å². The maximum absolute atomic E-state index is 10.4. The van der Waals surface area contributed by atoms with Gasteiger partial charge in [0.2, 0.25) is 5.88 Å². The van der Waals surface area contributed by atoms with Crippen molar-refractivity contribution in [2.75, 3.05) is 0 Å². The molecule has 20 heavy (non-hydrogen) atoms. The Morgan fingerprint density at radius 1 is 1.20 bits per heavy atom. The molecule has 0 aliphatic carbocycles. The summed E-state index contributed by atoms with van der Waals surface area (Å²) in [6.07, 6.45) is 4.04. The highest BCUT2D eigenvalue weighted by atomic mass is 16.3. The van der Waals surface area contributed by atoms with E-state index in [1.54, 1.807) is 4.68 Å². The normalized spacial score (nSPS) is 10.9. The van der Waals surface area contributed by atoms with Gasteiger partial charge in [-0.05, 0) is 32.3 Å². The summed E-state index contributed by atoms with van der Waals surface area (Å²) >= 11 is 0. The van der Waals surface area contributed by atoms with Crippen molar-refractivity contribution in [3.8, 4) is 17.1 Å². The van der Waals surface area contributed by atoms with Crippen molar-refractivity contribution in [2.45, 2.75) is 53.0 Å². The molecule has 0 saturated carbocycles. The molecule has 108 valence electrons. The summed E-state index contributed by atoms with van der Waals surface area (Å²) in [7, 11) is 0. The van der Waals surface area contributed by atoms with E-state index in [9.17, 15) is 5.11 Å². The van der Waals surface area contributed by atoms with Crippen molar-refractivity contribution in [3.63, 3.8) is 0 Å². The van der Waals surface area contributed by atoms with Crippen molar-refractivity contribution >= 4 is 0 Å². The molecule has 2 aromatic rings. The molecule has 3 nitrogen and oxygen atoms in total. The number of unbranched alkanes of at least 4 members (excludes halogenated alkanes) is 1. The zero-order valence-corrected chi connectivity index (χ0v) is 12.7. The zero-order valence-electron chi connectivity index (χ0n) is 12.7. The van der Waals surface area contributed by atoms with E-state index in [4.69, 9.17) is 0 Å². The molecule has 0 fully saturated rings. The summed E-state index contributed by atoms with van der Waals surface area (Å²) in [5.74, 6) is 0.344. The second kappa shape index (κ2) is 6.60. The second-order valence-electron chi connectivity index (χ2n) is 5.35. The molecule has 0 radical (unpaired) electrons. The van der Waals surface area contributed by atoms with Gasteiger partial charge in [-0.1, -0.05) is 44.0 Å². The predicted molar refractivity (Wildman–Crippen MR) is 83.0 cm³/mol. The highest BCUT2D eigenvalue weighted by molar-refractivity contribution is 5.66. The van der Waals surface area contributed by atoms with E-state index in [1.807, 2.05) is 6.07 Å². The van der Waals surface area contributed by atoms with E-state index in [2.05, 4.69) is 44.1 Å². The third-order valence-electron chi connectivity index (χ3n) is 3.53. The van der Waals surface area contributed by atoms with Gasteiger partial charge in [-0.15, -0.1) is 0 Å². The highest BCUT2D eigenvalue weighted by Gasteiger charge is 2.17. The van der Waals surface area contributed by atoms with Gasteiger partial charge in [-0.25, -0.2) is 4.68 Å². The van der Waals surface area contributed by atoms with Crippen molar-refractivity contribution < 1.29 is 5.11 Å². The van der Waals surface area contributed by atoms with E-state index in [0.29, 0.717) is 5.88 Å². The van der Waals surface area contributed by atoms with Crippen LogP contribution in [0.4, 0.5) is 0 Å². The Bertz CT molecular complexity index is 572. The first-order chi connectivity index (χ1) is 9.67. The van der Waals surface area contributed by atoms with Crippen molar-refractivity contribution in [2.24, 2.45) is 0 Å². The molecule has 0 atom stereocenters. The minimum absolute atomic E-state index is 0.344. The van der Waals surface area contributed by atoms with Crippen LogP contribution in [-0.4, -0.2) is 14.9 Å². The Balaban J connectivity index is 2.46. The first-order valence-electron chi connectivity index (χ1n) is 7.53. The fourth-order valence-corrected chi connectivity index (χ4v) is 2.47. The van der Waals surface area contributed by atoms with Gasteiger partial charge >= 0.3 is 0 Å². The average Bonchev–Trinajstić information content (AvgIpc) is 2.74. The molecular weight excluding hydrogens is 248 g/mol. The van der Waals surface area contributed by atoms with E-state index in [1.165, 1.54) is 5.56 Å². The lowest BCUT2D eigenvalue weighted by molar-refractivity contribution is 0.392. The minimum Gasteiger partial charge on any atom is -0.493 e. The lowest BCUT2D eigenvalue weighted by atomic mass is 10.0. The number of rotatable bonds is 6. The molecule has 0 aliphatic rings. The first kappa shape index (κ1) is 14.6. The number of aromatic hydroxyl groups is 1. The Morgan fingerprint density at radius 2 is 2.00 bits per heavy atom. The molecule has 1 N–H and O–H groups in total. The van der Waals surface area contributed by atoms with Gasteiger partial charge in [-0.2, -0.15) is 5.10 Å². The van der Waals surface area contributed by atoms with Crippen LogP contribution in [0.2, 0.25) is 0 Å². The fraction of sp³-hybridized carbons (Fsp3) is 0.471. The lowest BCUT2D eigenvalue weighted by Gasteiger charge is -2.03. The smallest absolute Gasteiger partial charge is 0.213 e. The van der Waals surface area contributed by atoms with Gasteiger partial charge in [0.15, 0.2) is 0 Å². The van der Waals surface area contributed by atoms with E-state index >= 15 is 0 Å². The highest BCUT2D eigenvalue weighted by Crippen LogP contribution is 2.31. The molecule has 0 bridgehead atoms. The van der Waals surface area contributed by atoms with Crippen LogP contribution in [0.3, 0.4) is 0 Å². The van der Waals surface area contributed by atoms with Crippen LogP contribution in [0.25, 0.3) is 11.3 Å². The molecule has 0 amide bonds. The van der Waals surface area contributed by atoms with Gasteiger partial charge in [0, 0.05) is 17.7 Å². The summed E-state index contributed by atoms with van der Waals surface area (Å²) in [5, 5.41) is 15.0. The van der Waals surface area contributed by atoms with Crippen molar-refractivity contribution in [1.29, 1.82) is 0 Å². The van der Waals surface area contributed by atoms with Crippen LogP contribution in [0.15, 0.2) is 24.3 Å². The zero-order chi connectivity index (χ0) is 14.5. The Morgan fingerprint density at radius 3 is 2.65 bits per heavy atom. The molecule has 1 aromatic heterocycles. The number of nitrogens with zero attached hydrogens (tertiary/aromatic N) is 2. The SMILES string of the molecule is CCCCc1c(-c2cccc(C)c2)nn(CCC)c1O. The molecule has 1 heterocycles. The Hall–Kier alpha value is -1.77.